The zero-order valence-electron chi connectivity index (χ0n) is 21.4. The van der Waals surface area contributed by atoms with Crippen molar-refractivity contribution in [3.63, 3.8) is 0 Å². The van der Waals surface area contributed by atoms with Crippen molar-refractivity contribution in [3.05, 3.63) is 24.0 Å². The van der Waals surface area contributed by atoms with E-state index >= 15 is 0 Å². The lowest BCUT2D eigenvalue weighted by atomic mass is 10.0. The van der Waals surface area contributed by atoms with Gasteiger partial charge in [-0.15, -0.1) is 0 Å². The van der Waals surface area contributed by atoms with E-state index in [9.17, 15) is 9.59 Å². The number of carbonyl (C=O) groups excluding carboxylic acids is 2. The summed E-state index contributed by atoms with van der Waals surface area (Å²) < 4.78 is 12.7. The van der Waals surface area contributed by atoms with Crippen LogP contribution in [0.25, 0.3) is 0 Å². The van der Waals surface area contributed by atoms with Crippen molar-refractivity contribution in [2.45, 2.75) is 110 Å². The van der Waals surface area contributed by atoms with Crippen LogP contribution in [-0.2, 0) is 18.8 Å². The third kappa shape index (κ3) is 6.54. The van der Waals surface area contributed by atoms with Gasteiger partial charge in [-0.05, 0) is 49.7 Å². The van der Waals surface area contributed by atoms with E-state index in [4.69, 9.17) is 9.16 Å². The molecule has 0 N–H and O–H groups in total. The molecule has 0 fully saturated rings. The zero-order valence-corrected chi connectivity index (χ0v) is 22.4. The Hall–Kier alpha value is -1.40. The van der Waals surface area contributed by atoms with Crippen molar-refractivity contribution in [1.82, 2.24) is 4.90 Å². The van der Waals surface area contributed by atoms with E-state index in [0.717, 1.165) is 19.3 Å². The van der Waals surface area contributed by atoms with Gasteiger partial charge >= 0.3 is 5.97 Å². The predicted molar refractivity (Wildman–Crippen MR) is 130 cm³/mol. The number of nitrogens with zero attached hydrogens (tertiary/aromatic N) is 1. The summed E-state index contributed by atoms with van der Waals surface area (Å²) in [5.41, 5.74) is 1.30. The maximum atomic E-state index is 12.7. The molecule has 1 aliphatic heterocycles. The molecule has 0 bridgehead atoms. The summed E-state index contributed by atoms with van der Waals surface area (Å²) >= 11 is 0. The molecule has 0 unspecified atom stereocenters. The molecule has 3 atom stereocenters. The Morgan fingerprint density at radius 1 is 1.10 bits per heavy atom. The molecule has 1 heterocycles. The average Bonchev–Trinajstić information content (AvgIpc) is 2.95. The maximum absolute atomic E-state index is 12.7. The Bertz CT molecular complexity index is 647. The van der Waals surface area contributed by atoms with Crippen LogP contribution in [-0.4, -0.2) is 44.3 Å². The molecule has 5 nitrogen and oxygen atoms in total. The van der Waals surface area contributed by atoms with E-state index in [1.165, 1.54) is 6.08 Å². The summed E-state index contributed by atoms with van der Waals surface area (Å²) in [5.74, 6) is -0.203. The summed E-state index contributed by atoms with van der Waals surface area (Å²) in [6.45, 7) is 19.4. The fourth-order valence-electron chi connectivity index (χ4n) is 5.11. The number of rotatable bonds is 12. The van der Waals surface area contributed by atoms with Gasteiger partial charge in [-0.2, -0.15) is 0 Å². The van der Waals surface area contributed by atoms with Crippen molar-refractivity contribution in [2.24, 2.45) is 5.92 Å². The van der Waals surface area contributed by atoms with Gasteiger partial charge in [-0.3, -0.25) is 9.59 Å². The van der Waals surface area contributed by atoms with Gasteiger partial charge in [0.25, 0.3) is 0 Å². The van der Waals surface area contributed by atoms with Gasteiger partial charge in [0.1, 0.15) is 11.8 Å². The van der Waals surface area contributed by atoms with Crippen LogP contribution in [0.2, 0.25) is 16.6 Å². The van der Waals surface area contributed by atoms with Crippen molar-refractivity contribution in [1.29, 1.82) is 0 Å². The summed E-state index contributed by atoms with van der Waals surface area (Å²) in [4.78, 5) is 26.8. The second kappa shape index (κ2) is 12.0. The van der Waals surface area contributed by atoms with Crippen LogP contribution in [0, 0.1) is 5.92 Å². The molecule has 0 spiro atoms. The van der Waals surface area contributed by atoms with Gasteiger partial charge in [-0.25, -0.2) is 0 Å². The van der Waals surface area contributed by atoms with Gasteiger partial charge in [0.15, 0.2) is 0 Å². The normalized spacial score (nSPS) is 19.6. The molecule has 0 aromatic rings. The minimum absolute atomic E-state index is 0.144. The molecule has 1 amide bonds. The summed E-state index contributed by atoms with van der Waals surface area (Å²) in [7, 11) is -0.381. The zero-order chi connectivity index (χ0) is 23.9. The Morgan fingerprint density at radius 3 is 2.13 bits per heavy atom. The van der Waals surface area contributed by atoms with Gasteiger partial charge in [0.2, 0.25) is 14.2 Å². The molecule has 0 saturated carbocycles. The second-order valence-corrected chi connectivity index (χ2v) is 15.3. The highest BCUT2D eigenvalue weighted by atomic mass is 28.4. The number of likely N-dealkylation sites (N-methyl/N-ethyl adjacent to an activating group) is 1. The minimum atomic E-state index is -2.14. The average molecular weight is 452 g/mol. The molecule has 0 aromatic heterocycles. The lowest BCUT2D eigenvalue weighted by Crippen LogP contribution is -2.54. The third-order valence-corrected chi connectivity index (χ3v) is 12.9. The standard InChI is InChI=1S/C25H45NO4Si/c1-11-12-13-14-15-20(8)25(28)29-22-16-23(27)26(10)24(22)21(9)30-31(17(2)3,18(4)5)19(6)7/h11-12,16-21,24H,13-15H2,1-10H3/b12-11+/t20-,21+,24-/m0/s1. The molecule has 1 aliphatic rings. The van der Waals surface area contributed by atoms with Crippen LogP contribution < -0.4 is 0 Å². The van der Waals surface area contributed by atoms with Gasteiger partial charge in [0, 0.05) is 13.1 Å². The lowest BCUT2D eigenvalue weighted by Gasteiger charge is -2.45. The largest absolute Gasteiger partial charge is 0.428 e. The first kappa shape index (κ1) is 27.6. The number of esters is 1. The molecule has 31 heavy (non-hydrogen) atoms. The number of hydrogen-bond acceptors (Lipinski definition) is 4. The highest BCUT2D eigenvalue weighted by Crippen LogP contribution is 2.44. The highest BCUT2D eigenvalue weighted by Gasteiger charge is 2.49. The predicted octanol–water partition coefficient (Wildman–Crippen LogP) is 6.22. The van der Waals surface area contributed by atoms with Gasteiger partial charge < -0.3 is 14.1 Å². The van der Waals surface area contributed by atoms with Crippen LogP contribution in [0.3, 0.4) is 0 Å². The first-order valence-corrected chi connectivity index (χ1v) is 14.0. The number of ether oxygens (including phenoxy) is 1. The molecular formula is C25H45NO4Si. The van der Waals surface area contributed by atoms with Crippen LogP contribution >= 0.6 is 0 Å². The van der Waals surface area contributed by atoms with Crippen molar-refractivity contribution < 1.29 is 18.8 Å². The van der Waals surface area contributed by atoms with Crippen molar-refractivity contribution in [3.8, 4) is 0 Å². The fourth-order valence-corrected chi connectivity index (χ4v) is 10.7. The van der Waals surface area contributed by atoms with E-state index in [-0.39, 0.29) is 29.9 Å². The Labute approximate surface area is 191 Å². The maximum Gasteiger partial charge on any atom is 0.313 e. The molecule has 0 saturated heterocycles. The van der Waals surface area contributed by atoms with Gasteiger partial charge in [-0.1, -0.05) is 60.6 Å². The lowest BCUT2D eigenvalue weighted by molar-refractivity contribution is -0.145. The SMILES string of the molecule is C/C=C/CCC[C@H](C)C(=O)OC1=CC(=O)N(C)[C@H]1[C@@H](C)O[Si](C(C)C)(C(C)C)C(C)C. The second-order valence-electron chi connectivity index (χ2n) is 9.90. The number of amides is 1. The first-order chi connectivity index (χ1) is 14.4. The number of carbonyl (C=O) groups is 2. The minimum Gasteiger partial charge on any atom is -0.428 e. The topological polar surface area (TPSA) is 55.8 Å². The summed E-state index contributed by atoms with van der Waals surface area (Å²) in [6, 6.07) is -0.380. The van der Waals surface area contributed by atoms with E-state index < -0.39 is 8.32 Å². The van der Waals surface area contributed by atoms with E-state index in [2.05, 4.69) is 47.6 Å². The fraction of sp³-hybridized carbons (Fsp3) is 0.760. The third-order valence-electron chi connectivity index (χ3n) is 6.73. The Kier molecular flexibility index (Phi) is 10.7. The van der Waals surface area contributed by atoms with Crippen LogP contribution in [0.4, 0.5) is 0 Å². The van der Waals surface area contributed by atoms with E-state index in [0.29, 0.717) is 22.4 Å². The molecule has 0 aromatic carbocycles. The van der Waals surface area contributed by atoms with Gasteiger partial charge in [0.05, 0.1) is 12.0 Å². The molecular weight excluding hydrogens is 406 g/mol. The van der Waals surface area contributed by atoms with Crippen LogP contribution in [0.1, 0.15) is 81.6 Å². The Morgan fingerprint density at radius 2 is 1.65 bits per heavy atom. The van der Waals surface area contributed by atoms with E-state index in [1.54, 1.807) is 11.9 Å². The molecule has 6 heteroatoms. The molecule has 1 rings (SSSR count). The summed E-state index contributed by atoms with van der Waals surface area (Å²) in [5, 5.41) is 0. The molecule has 178 valence electrons. The first-order valence-electron chi connectivity index (χ1n) is 11.9. The van der Waals surface area contributed by atoms with Crippen molar-refractivity contribution >= 4 is 20.2 Å². The van der Waals surface area contributed by atoms with Crippen molar-refractivity contribution in [2.75, 3.05) is 7.05 Å². The number of allylic oxidation sites excluding steroid dienone is 2. The smallest absolute Gasteiger partial charge is 0.313 e. The molecule has 0 aliphatic carbocycles. The molecule has 0 radical (unpaired) electrons. The number of hydrogen-bond donors (Lipinski definition) is 0. The summed E-state index contributed by atoms with van der Waals surface area (Å²) in [6.07, 6.45) is 7.99. The Balaban J connectivity index is 2.99. The van der Waals surface area contributed by atoms with Crippen LogP contribution in [0.15, 0.2) is 24.0 Å². The van der Waals surface area contributed by atoms with Crippen LogP contribution in [0.5, 0.6) is 0 Å². The number of unbranched alkanes of at least 4 members (excludes halogenated alkanes) is 1. The monoisotopic (exact) mass is 451 g/mol. The quantitative estimate of drug-likeness (QED) is 0.153. The highest BCUT2D eigenvalue weighted by molar-refractivity contribution is 6.77. The van der Waals surface area contributed by atoms with E-state index in [1.807, 2.05) is 26.8 Å².